The molecule has 0 aromatic heterocycles. The molecular weight excluding hydrogens is 1120 g/mol. The van der Waals surface area contributed by atoms with E-state index in [1.54, 1.807) is 0 Å². The van der Waals surface area contributed by atoms with Gasteiger partial charge in [-0.3, -0.25) is 0 Å². The molecule has 0 saturated heterocycles. The van der Waals surface area contributed by atoms with Crippen LogP contribution in [-0.4, -0.2) is 57.5 Å². The molecule has 6 aromatic rings. The summed E-state index contributed by atoms with van der Waals surface area (Å²) in [5, 5.41) is -1.88. The lowest BCUT2D eigenvalue weighted by molar-refractivity contribution is 0.304. The Balaban J connectivity index is 0.000000310. The molecule has 0 radical (unpaired) electrons. The second-order valence-corrected chi connectivity index (χ2v) is 28.0. The SMILES string of the molecule is CCCCCCCCOc1ccc([S+](c2ccccc2)c2ccc(OCCCCCCCC)cc2)cc1.CCCCCCCCOc1ccc([S+](c2ccccc2)c2ccc(OCCCCCCCC)cc2)cc1.O=S(=O)([O-])CS(=O)(=O)[O-]. The van der Waals surface area contributed by atoms with Crippen molar-refractivity contribution >= 4 is 42.0 Å². The Morgan fingerprint density at radius 3 is 0.663 bits per heavy atom. The maximum absolute atomic E-state index is 9.51. The molecule has 6 aromatic carbocycles. The van der Waals surface area contributed by atoms with Crippen molar-refractivity contribution in [2.45, 2.75) is 211 Å². The molecule has 6 rings (SSSR count). The maximum Gasteiger partial charge on any atom is 0.166 e. The summed E-state index contributed by atoms with van der Waals surface area (Å²) in [5.41, 5.74) is 0. The van der Waals surface area contributed by atoms with E-state index in [1.807, 2.05) is 0 Å². The lowest BCUT2D eigenvalue weighted by atomic mass is 10.1. The van der Waals surface area contributed by atoms with Gasteiger partial charge in [0.05, 0.1) is 48.2 Å². The number of unbranched alkanes of at least 4 members (excludes halogenated alkanes) is 20. The number of hydrogen-bond donors (Lipinski definition) is 0. The van der Waals surface area contributed by atoms with E-state index in [0.29, 0.717) is 0 Å². The van der Waals surface area contributed by atoms with Gasteiger partial charge in [-0.15, -0.1) is 0 Å². The van der Waals surface area contributed by atoms with Gasteiger partial charge in [0.1, 0.15) is 48.3 Å². The second kappa shape index (κ2) is 42.8. The van der Waals surface area contributed by atoms with Crippen molar-refractivity contribution in [1.29, 1.82) is 0 Å². The van der Waals surface area contributed by atoms with Gasteiger partial charge in [0.15, 0.2) is 29.4 Å². The van der Waals surface area contributed by atoms with Crippen LogP contribution < -0.4 is 18.9 Å². The minimum atomic E-state index is -4.93. The molecule has 0 heterocycles. The zero-order valence-corrected chi connectivity index (χ0v) is 53.5. The van der Waals surface area contributed by atoms with E-state index in [2.05, 4.69) is 185 Å². The van der Waals surface area contributed by atoms with E-state index in [1.165, 1.54) is 158 Å². The van der Waals surface area contributed by atoms with Crippen molar-refractivity contribution in [2.75, 3.05) is 31.5 Å². The average molecular weight is 1210 g/mol. The van der Waals surface area contributed by atoms with Crippen LogP contribution >= 0.6 is 0 Å². The standard InChI is InChI=1S/2C34H47O2S.CH4O6S2/c2*1-3-5-7-9-11-16-28-35-30-20-24-33(25-21-30)37(32-18-14-13-15-19-32)34-26-22-31(23-27-34)36-29-17-12-10-8-6-4-2;2-8(3,4)1-9(5,6)7/h2*13-15,18-27H,3-12,16-17,28-29H2,1-2H3;1H2,(H,2,3,4)(H,5,6,7)/q2*+1;/p-2. The zero-order valence-electron chi connectivity index (χ0n) is 50.2. The van der Waals surface area contributed by atoms with E-state index in [9.17, 15) is 25.9 Å². The van der Waals surface area contributed by atoms with Gasteiger partial charge >= 0.3 is 0 Å². The van der Waals surface area contributed by atoms with Gasteiger partial charge in [-0.05, 0) is 147 Å². The molecule has 0 aliphatic heterocycles. The second-order valence-electron chi connectivity index (χ2n) is 20.8. The quantitative estimate of drug-likeness (QED) is 0.0206. The zero-order chi connectivity index (χ0) is 59.6. The lowest BCUT2D eigenvalue weighted by Gasteiger charge is -2.11. The van der Waals surface area contributed by atoms with Crippen LogP contribution in [0.15, 0.2) is 187 Å². The van der Waals surface area contributed by atoms with Crippen LogP contribution in [0.4, 0.5) is 0 Å². The van der Waals surface area contributed by atoms with Crippen molar-refractivity contribution in [3.63, 3.8) is 0 Å². The van der Waals surface area contributed by atoms with E-state index >= 15 is 0 Å². The largest absolute Gasteiger partial charge is 0.747 e. The smallest absolute Gasteiger partial charge is 0.166 e. The average Bonchev–Trinajstić information content (AvgIpc) is 3.69. The van der Waals surface area contributed by atoms with E-state index < -0.39 is 25.3 Å². The van der Waals surface area contributed by atoms with Crippen LogP contribution in [0.5, 0.6) is 23.0 Å². The molecule has 0 saturated carbocycles. The van der Waals surface area contributed by atoms with Crippen LogP contribution in [0, 0.1) is 0 Å². The molecule has 0 unspecified atom stereocenters. The fraction of sp³-hybridized carbons (Fsp3) is 0.478. The number of hydrogen-bond acceptors (Lipinski definition) is 10. The summed E-state index contributed by atoms with van der Waals surface area (Å²) in [6.45, 7) is 12.3. The first-order chi connectivity index (χ1) is 40.3. The molecule has 0 bridgehead atoms. The highest BCUT2D eigenvalue weighted by molar-refractivity contribution is 8.02. The van der Waals surface area contributed by atoms with Gasteiger partial charge in [0.25, 0.3) is 0 Å². The predicted molar refractivity (Wildman–Crippen MR) is 343 cm³/mol. The molecule has 0 atom stereocenters. The third-order valence-corrected chi connectivity index (χ3v) is 20.3. The highest BCUT2D eigenvalue weighted by atomic mass is 32.3. The first kappa shape index (κ1) is 70.5. The molecule has 0 fully saturated rings. The molecule has 0 amide bonds. The number of ether oxygens (including phenoxy) is 4. The van der Waals surface area contributed by atoms with Gasteiger partial charge in [0.2, 0.25) is 0 Å². The van der Waals surface area contributed by atoms with Crippen molar-refractivity contribution in [3.8, 4) is 23.0 Å². The van der Waals surface area contributed by atoms with Gasteiger partial charge in [-0.25, -0.2) is 16.8 Å². The van der Waals surface area contributed by atoms with E-state index in [0.717, 1.165) is 75.1 Å². The maximum atomic E-state index is 9.51. The van der Waals surface area contributed by atoms with Gasteiger partial charge in [-0.2, -0.15) is 0 Å². The van der Waals surface area contributed by atoms with Gasteiger partial charge < -0.3 is 28.1 Å². The molecule has 456 valence electrons. The molecule has 0 aliphatic carbocycles. The Bertz CT molecular complexity index is 2450. The topological polar surface area (TPSA) is 151 Å². The Labute approximate surface area is 507 Å². The Kier molecular flexibility index (Phi) is 36.4. The molecule has 14 heteroatoms. The highest BCUT2D eigenvalue weighted by Crippen LogP contribution is 2.35. The molecular formula is C69H96O10S4. The molecule has 0 aliphatic rings. The van der Waals surface area contributed by atoms with Gasteiger partial charge in [0, 0.05) is 0 Å². The summed E-state index contributed by atoms with van der Waals surface area (Å²) in [4.78, 5) is 7.86. The summed E-state index contributed by atoms with van der Waals surface area (Å²) in [6.07, 6.45) is 30.8. The summed E-state index contributed by atoms with van der Waals surface area (Å²) in [5.74, 6) is 3.86. The number of rotatable bonds is 40. The molecule has 83 heavy (non-hydrogen) atoms. The minimum Gasteiger partial charge on any atom is -0.747 e. The highest BCUT2D eigenvalue weighted by Gasteiger charge is 2.30. The lowest BCUT2D eigenvalue weighted by Crippen LogP contribution is -2.14. The normalized spacial score (nSPS) is 11.4. The Hall–Kier alpha value is -4.96. The third-order valence-electron chi connectivity index (χ3n) is 13.6. The molecule has 0 spiro atoms. The van der Waals surface area contributed by atoms with Crippen LogP contribution in [0.1, 0.15) is 182 Å². The van der Waals surface area contributed by atoms with Crippen molar-refractivity contribution < 1.29 is 44.9 Å². The van der Waals surface area contributed by atoms with E-state index in [4.69, 9.17) is 18.9 Å². The van der Waals surface area contributed by atoms with Crippen LogP contribution in [0.25, 0.3) is 0 Å². The first-order valence-corrected chi connectivity index (χ1v) is 36.3. The fourth-order valence-electron chi connectivity index (χ4n) is 9.08. The van der Waals surface area contributed by atoms with Crippen molar-refractivity contribution in [3.05, 3.63) is 158 Å². The summed E-state index contributed by atoms with van der Waals surface area (Å²) < 4.78 is 81.2. The summed E-state index contributed by atoms with van der Waals surface area (Å²) >= 11 is 0. The minimum absolute atomic E-state index is 0.167. The van der Waals surface area contributed by atoms with Gasteiger partial charge in [-0.1, -0.05) is 193 Å². The van der Waals surface area contributed by atoms with Crippen molar-refractivity contribution in [1.82, 2.24) is 0 Å². The van der Waals surface area contributed by atoms with Crippen LogP contribution in [-0.2, 0) is 42.0 Å². The monoisotopic (exact) mass is 1210 g/mol. The summed E-state index contributed by atoms with van der Waals surface area (Å²) in [7, 11) is -10.2. The predicted octanol–water partition coefficient (Wildman–Crippen LogP) is 18.6. The van der Waals surface area contributed by atoms with Crippen LogP contribution in [0.2, 0.25) is 0 Å². The first-order valence-electron chi connectivity index (χ1n) is 30.7. The number of benzene rings is 6. The van der Waals surface area contributed by atoms with E-state index in [-0.39, 0.29) is 21.8 Å². The molecule has 0 N–H and O–H groups in total. The molecule has 10 nitrogen and oxygen atoms in total. The third kappa shape index (κ3) is 31.7. The summed E-state index contributed by atoms with van der Waals surface area (Å²) in [6, 6.07) is 56.5. The van der Waals surface area contributed by atoms with Crippen LogP contribution in [0.3, 0.4) is 0 Å². The fourth-order valence-corrected chi connectivity index (χ4v) is 14.6. The van der Waals surface area contributed by atoms with Crippen molar-refractivity contribution in [2.24, 2.45) is 0 Å². The Morgan fingerprint density at radius 2 is 0.470 bits per heavy atom. The Morgan fingerprint density at radius 1 is 0.277 bits per heavy atom.